The van der Waals surface area contributed by atoms with E-state index in [0.29, 0.717) is 0 Å². The van der Waals surface area contributed by atoms with E-state index in [-0.39, 0.29) is 0 Å². The van der Waals surface area contributed by atoms with Gasteiger partial charge in [-0.05, 0) is 38.8 Å². The molecule has 0 aliphatic rings. The summed E-state index contributed by atoms with van der Waals surface area (Å²) in [7, 11) is 0. The number of aryl methyl sites for hydroxylation is 4. The Morgan fingerprint density at radius 2 is 0.950 bits per heavy atom. The molecule has 0 radical (unpaired) electrons. The summed E-state index contributed by atoms with van der Waals surface area (Å²) < 4.78 is 0. The monoisotopic (exact) mass is 280 g/mol. The van der Waals surface area contributed by atoms with Crippen molar-refractivity contribution in [3.05, 3.63) is 48.1 Å². The summed E-state index contributed by atoms with van der Waals surface area (Å²) in [6.07, 6.45) is 3.63. The molecular formula is C16H32N4. The van der Waals surface area contributed by atoms with Crippen molar-refractivity contribution in [2.24, 2.45) is 0 Å². The number of hydrogen-bond donors (Lipinski definition) is 2. The molecule has 0 unspecified atom stereocenters. The van der Waals surface area contributed by atoms with E-state index in [9.17, 15) is 0 Å². The third-order valence-corrected chi connectivity index (χ3v) is 2.16. The second-order valence-corrected chi connectivity index (χ2v) is 3.36. The molecule has 2 rings (SSSR count). The molecule has 2 heterocycles. The normalized spacial score (nSPS) is 7.40. The maximum atomic E-state index is 3.80. The third-order valence-electron chi connectivity index (χ3n) is 2.16. The second-order valence-electron chi connectivity index (χ2n) is 3.36. The van der Waals surface area contributed by atoms with Crippen LogP contribution in [-0.4, -0.2) is 20.4 Å². The number of rotatable bonds is 0. The SMILES string of the molecule is C=C.CC.CC.Cc1cn[nH]c1C.Cc1cn[nH]c1C. The highest BCUT2D eigenvalue weighted by Crippen LogP contribution is 1.97. The van der Waals surface area contributed by atoms with Crippen LogP contribution in [0, 0.1) is 27.7 Å². The van der Waals surface area contributed by atoms with Crippen molar-refractivity contribution in [3.8, 4) is 0 Å². The fourth-order valence-electron chi connectivity index (χ4n) is 0.822. The van der Waals surface area contributed by atoms with Crippen LogP contribution in [0.5, 0.6) is 0 Å². The zero-order chi connectivity index (χ0) is 16.6. The van der Waals surface area contributed by atoms with Gasteiger partial charge in [0.15, 0.2) is 0 Å². The molecule has 4 nitrogen and oxygen atoms in total. The lowest BCUT2D eigenvalue weighted by Crippen LogP contribution is -1.70. The lowest BCUT2D eigenvalue weighted by Gasteiger charge is -1.78. The molecule has 116 valence electrons. The van der Waals surface area contributed by atoms with Crippen LogP contribution in [-0.2, 0) is 0 Å². The molecule has 4 heteroatoms. The van der Waals surface area contributed by atoms with Crippen molar-refractivity contribution in [1.29, 1.82) is 0 Å². The van der Waals surface area contributed by atoms with Gasteiger partial charge in [0.1, 0.15) is 0 Å². The van der Waals surface area contributed by atoms with Crippen LogP contribution in [0.1, 0.15) is 50.2 Å². The maximum Gasteiger partial charge on any atom is 0.0519 e. The molecule has 2 aromatic heterocycles. The van der Waals surface area contributed by atoms with Crippen molar-refractivity contribution in [3.63, 3.8) is 0 Å². The van der Waals surface area contributed by atoms with E-state index in [4.69, 9.17) is 0 Å². The van der Waals surface area contributed by atoms with Crippen LogP contribution in [0.2, 0.25) is 0 Å². The summed E-state index contributed by atoms with van der Waals surface area (Å²) in [5.41, 5.74) is 4.75. The number of aromatic nitrogens is 4. The lowest BCUT2D eigenvalue weighted by molar-refractivity contribution is 1.04. The molecule has 20 heavy (non-hydrogen) atoms. The summed E-state index contributed by atoms with van der Waals surface area (Å²) in [6.45, 7) is 22.1. The summed E-state index contributed by atoms with van der Waals surface area (Å²) >= 11 is 0. The highest BCUT2D eigenvalue weighted by Gasteiger charge is 1.87. The highest BCUT2D eigenvalue weighted by molar-refractivity contribution is 5.11. The van der Waals surface area contributed by atoms with Gasteiger partial charge in [0.25, 0.3) is 0 Å². The van der Waals surface area contributed by atoms with Crippen LogP contribution < -0.4 is 0 Å². The smallest absolute Gasteiger partial charge is 0.0519 e. The molecule has 0 fully saturated rings. The Hall–Kier alpha value is -1.84. The molecule has 0 saturated carbocycles. The summed E-state index contributed by atoms with van der Waals surface area (Å²) in [5.74, 6) is 0. The standard InChI is InChI=1S/2C5H8N2.2C2H6.C2H4/c2*1-4-3-6-7-5(4)2;3*1-2/h2*3H,1-2H3,(H,6,7);2*1-2H3;1-2H2. The van der Waals surface area contributed by atoms with Gasteiger partial charge in [-0.2, -0.15) is 10.2 Å². The van der Waals surface area contributed by atoms with E-state index < -0.39 is 0 Å². The Bertz CT molecular complexity index is 331. The summed E-state index contributed by atoms with van der Waals surface area (Å²) in [4.78, 5) is 0. The summed E-state index contributed by atoms with van der Waals surface area (Å²) in [6, 6.07) is 0. The third kappa shape index (κ3) is 11.3. The van der Waals surface area contributed by atoms with Gasteiger partial charge in [0.05, 0.1) is 12.4 Å². The van der Waals surface area contributed by atoms with Crippen LogP contribution >= 0.6 is 0 Å². The lowest BCUT2D eigenvalue weighted by atomic mass is 10.3. The van der Waals surface area contributed by atoms with E-state index in [0.717, 1.165) is 11.4 Å². The van der Waals surface area contributed by atoms with Crippen molar-refractivity contribution < 1.29 is 0 Å². The first-order valence-electron chi connectivity index (χ1n) is 7.04. The van der Waals surface area contributed by atoms with Gasteiger partial charge in [0, 0.05) is 11.4 Å². The minimum atomic E-state index is 1.15. The number of aromatic amines is 2. The minimum Gasteiger partial charge on any atom is -0.283 e. The van der Waals surface area contributed by atoms with E-state index in [1.807, 2.05) is 67.8 Å². The summed E-state index contributed by atoms with van der Waals surface area (Å²) in [5, 5.41) is 13.2. The molecule has 0 aliphatic carbocycles. The fourth-order valence-corrected chi connectivity index (χ4v) is 0.822. The fraction of sp³-hybridized carbons (Fsp3) is 0.500. The Labute approximate surface area is 124 Å². The first-order chi connectivity index (χ1) is 9.61. The zero-order valence-corrected chi connectivity index (χ0v) is 14.5. The van der Waals surface area contributed by atoms with Crippen molar-refractivity contribution in [2.75, 3.05) is 0 Å². The zero-order valence-electron chi connectivity index (χ0n) is 14.5. The molecular weight excluding hydrogens is 248 g/mol. The molecule has 0 spiro atoms. The molecule has 0 aromatic carbocycles. The molecule has 0 saturated heterocycles. The van der Waals surface area contributed by atoms with Crippen LogP contribution in [0.4, 0.5) is 0 Å². The Morgan fingerprint density at radius 3 is 1.00 bits per heavy atom. The van der Waals surface area contributed by atoms with Gasteiger partial charge >= 0.3 is 0 Å². The minimum absolute atomic E-state index is 1.15. The average molecular weight is 280 g/mol. The quantitative estimate of drug-likeness (QED) is 0.674. The first kappa shape index (κ1) is 23.3. The van der Waals surface area contributed by atoms with Crippen molar-refractivity contribution in [1.82, 2.24) is 20.4 Å². The Morgan fingerprint density at radius 1 is 0.700 bits per heavy atom. The predicted octanol–water partition coefficient (Wildman–Crippen LogP) is 4.91. The van der Waals surface area contributed by atoms with Gasteiger partial charge in [-0.3, -0.25) is 10.2 Å². The highest BCUT2D eigenvalue weighted by atomic mass is 15.1. The van der Waals surface area contributed by atoms with Crippen molar-refractivity contribution >= 4 is 0 Å². The van der Waals surface area contributed by atoms with E-state index in [1.165, 1.54) is 11.1 Å². The maximum absolute atomic E-state index is 3.80. The molecule has 0 aliphatic heterocycles. The van der Waals surface area contributed by atoms with Gasteiger partial charge in [-0.15, -0.1) is 13.2 Å². The van der Waals surface area contributed by atoms with Gasteiger partial charge < -0.3 is 0 Å². The Kier molecular flexibility index (Phi) is 20.0. The average Bonchev–Trinajstić information content (AvgIpc) is 3.07. The predicted molar refractivity (Wildman–Crippen MR) is 90.1 cm³/mol. The molecule has 2 N–H and O–H groups in total. The molecule has 2 aromatic rings. The topological polar surface area (TPSA) is 57.4 Å². The van der Waals surface area contributed by atoms with Gasteiger partial charge in [0.2, 0.25) is 0 Å². The van der Waals surface area contributed by atoms with E-state index >= 15 is 0 Å². The number of hydrogen-bond acceptors (Lipinski definition) is 2. The van der Waals surface area contributed by atoms with E-state index in [1.54, 1.807) is 0 Å². The number of nitrogens with one attached hydrogen (secondary N) is 2. The second kappa shape index (κ2) is 17.2. The van der Waals surface area contributed by atoms with E-state index in [2.05, 4.69) is 33.6 Å². The molecule has 0 amide bonds. The first-order valence-corrected chi connectivity index (χ1v) is 7.04. The van der Waals surface area contributed by atoms with Crippen LogP contribution in [0.3, 0.4) is 0 Å². The molecule has 0 atom stereocenters. The van der Waals surface area contributed by atoms with Crippen molar-refractivity contribution in [2.45, 2.75) is 55.4 Å². The van der Waals surface area contributed by atoms with Crippen LogP contribution in [0.15, 0.2) is 25.6 Å². The molecule has 0 bridgehead atoms. The van der Waals surface area contributed by atoms with Gasteiger partial charge in [-0.25, -0.2) is 0 Å². The number of H-pyrrole nitrogens is 2. The Balaban J connectivity index is -0.000000211. The van der Waals surface area contributed by atoms with Crippen LogP contribution in [0.25, 0.3) is 0 Å². The number of nitrogens with zero attached hydrogens (tertiary/aromatic N) is 2. The van der Waals surface area contributed by atoms with Gasteiger partial charge in [-0.1, -0.05) is 27.7 Å². The largest absolute Gasteiger partial charge is 0.283 e.